The van der Waals surface area contributed by atoms with Gasteiger partial charge in [-0.2, -0.15) is 0 Å². The van der Waals surface area contributed by atoms with Crippen LogP contribution in [0.2, 0.25) is 0 Å². The molecule has 7 nitrogen and oxygen atoms in total. The topological polar surface area (TPSA) is 103 Å². The van der Waals surface area contributed by atoms with Crippen LogP contribution in [0.1, 0.15) is 10.4 Å². The van der Waals surface area contributed by atoms with Crippen LogP contribution >= 0.6 is 15.9 Å². The SMILES string of the molecule is O=C(O)c1ccncc1Oc1cc(Br)c(F)cc1[N+](=O)[O-]. The second-order valence-corrected chi connectivity index (χ2v) is 4.62. The van der Waals surface area contributed by atoms with Crippen LogP contribution in [-0.2, 0) is 0 Å². The third kappa shape index (κ3) is 3.14. The number of carbonyl (C=O) groups is 1. The number of nitro benzene ring substituents is 1. The molecule has 108 valence electrons. The zero-order chi connectivity index (χ0) is 15.6. The highest BCUT2D eigenvalue weighted by Gasteiger charge is 2.21. The number of halogens is 2. The van der Waals surface area contributed by atoms with E-state index in [4.69, 9.17) is 9.84 Å². The number of hydrogen-bond acceptors (Lipinski definition) is 5. The smallest absolute Gasteiger partial charge is 0.339 e. The summed E-state index contributed by atoms with van der Waals surface area (Å²) in [5.74, 6) is -2.61. The van der Waals surface area contributed by atoms with Gasteiger partial charge in [-0.25, -0.2) is 9.18 Å². The number of pyridine rings is 1. The number of carboxylic acids is 1. The first-order valence-corrected chi connectivity index (χ1v) is 6.18. The molecule has 9 heteroatoms. The summed E-state index contributed by atoms with van der Waals surface area (Å²) in [5.41, 5.74) is -0.851. The van der Waals surface area contributed by atoms with Gasteiger partial charge in [0.25, 0.3) is 0 Å². The van der Waals surface area contributed by atoms with Crippen LogP contribution in [0, 0.1) is 15.9 Å². The maximum Gasteiger partial charge on any atom is 0.339 e. The summed E-state index contributed by atoms with van der Waals surface area (Å²) in [4.78, 5) is 24.8. The Labute approximate surface area is 125 Å². The van der Waals surface area contributed by atoms with Crippen molar-refractivity contribution in [2.45, 2.75) is 0 Å². The van der Waals surface area contributed by atoms with Gasteiger partial charge in [0, 0.05) is 12.3 Å². The van der Waals surface area contributed by atoms with E-state index in [1.807, 2.05) is 0 Å². The van der Waals surface area contributed by atoms with Crippen molar-refractivity contribution < 1.29 is 24.0 Å². The van der Waals surface area contributed by atoms with E-state index in [0.29, 0.717) is 6.07 Å². The van der Waals surface area contributed by atoms with Gasteiger partial charge in [0.2, 0.25) is 5.75 Å². The summed E-state index contributed by atoms with van der Waals surface area (Å²) >= 11 is 2.88. The molecule has 0 aliphatic carbocycles. The maximum atomic E-state index is 13.4. The number of nitro groups is 1. The molecule has 0 radical (unpaired) electrons. The number of hydrogen-bond donors (Lipinski definition) is 1. The minimum Gasteiger partial charge on any atom is -0.478 e. The van der Waals surface area contributed by atoms with Gasteiger partial charge >= 0.3 is 11.7 Å². The zero-order valence-electron chi connectivity index (χ0n) is 10.1. The van der Waals surface area contributed by atoms with Crippen molar-refractivity contribution in [1.82, 2.24) is 4.98 Å². The lowest BCUT2D eigenvalue weighted by Gasteiger charge is -2.09. The van der Waals surface area contributed by atoms with Gasteiger partial charge in [0.05, 0.1) is 21.7 Å². The lowest BCUT2D eigenvalue weighted by atomic mass is 10.2. The van der Waals surface area contributed by atoms with Crippen molar-refractivity contribution in [2.75, 3.05) is 0 Å². The molecule has 1 aromatic heterocycles. The third-order valence-electron chi connectivity index (χ3n) is 2.43. The van der Waals surface area contributed by atoms with E-state index in [0.717, 1.165) is 12.3 Å². The first-order chi connectivity index (χ1) is 9.90. The molecule has 0 amide bonds. The second kappa shape index (κ2) is 5.83. The third-order valence-corrected chi connectivity index (χ3v) is 3.04. The molecule has 2 rings (SSSR count). The Morgan fingerprint density at radius 1 is 1.43 bits per heavy atom. The molecule has 1 heterocycles. The number of ether oxygens (including phenoxy) is 1. The summed E-state index contributed by atoms with van der Waals surface area (Å²) in [5, 5.41) is 19.9. The Balaban J connectivity index is 2.52. The molecule has 0 unspecified atom stereocenters. The number of aromatic nitrogens is 1. The van der Waals surface area contributed by atoms with Gasteiger partial charge in [-0.15, -0.1) is 0 Å². The highest BCUT2D eigenvalue weighted by molar-refractivity contribution is 9.10. The standard InChI is InChI=1S/C12H6BrFN2O5/c13-7-3-10(9(16(19)20)4-8(7)14)21-11-5-15-2-1-6(11)12(17)18/h1-5H,(H,17,18). The molecule has 0 aliphatic heterocycles. The van der Waals surface area contributed by atoms with Gasteiger partial charge in [0.1, 0.15) is 11.4 Å². The summed E-state index contributed by atoms with van der Waals surface area (Å²) in [6, 6.07) is 2.91. The predicted octanol–water partition coefficient (Wildman–Crippen LogP) is 3.38. The van der Waals surface area contributed by atoms with E-state index in [1.165, 1.54) is 12.3 Å². The van der Waals surface area contributed by atoms with Crippen molar-refractivity contribution in [3.63, 3.8) is 0 Å². The largest absolute Gasteiger partial charge is 0.478 e. The molecule has 1 N–H and O–H groups in total. The van der Waals surface area contributed by atoms with E-state index in [9.17, 15) is 19.3 Å². The number of aromatic carboxylic acids is 1. The lowest BCUT2D eigenvalue weighted by molar-refractivity contribution is -0.385. The minimum absolute atomic E-state index is 0.0520. The molecule has 0 fully saturated rings. The molecule has 0 saturated carbocycles. The summed E-state index contributed by atoms with van der Waals surface area (Å²) < 4.78 is 18.5. The molecule has 0 bridgehead atoms. The van der Waals surface area contributed by atoms with Gasteiger partial charge in [-0.3, -0.25) is 15.1 Å². The molecule has 0 saturated heterocycles. The summed E-state index contributed by atoms with van der Waals surface area (Å²) in [6.45, 7) is 0. The zero-order valence-corrected chi connectivity index (χ0v) is 11.7. The van der Waals surface area contributed by atoms with Crippen LogP contribution < -0.4 is 4.74 Å². The van der Waals surface area contributed by atoms with Gasteiger partial charge in [-0.1, -0.05) is 0 Å². The van der Waals surface area contributed by atoms with Crippen molar-refractivity contribution in [3.8, 4) is 11.5 Å². The van der Waals surface area contributed by atoms with E-state index in [1.54, 1.807) is 0 Å². The quantitative estimate of drug-likeness (QED) is 0.665. The Morgan fingerprint density at radius 2 is 2.14 bits per heavy atom. The number of nitrogens with zero attached hydrogens (tertiary/aromatic N) is 2. The Bertz CT molecular complexity index is 738. The van der Waals surface area contributed by atoms with Gasteiger partial charge in [-0.05, 0) is 22.0 Å². The average molecular weight is 357 g/mol. The Kier molecular flexibility index (Phi) is 4.13. The molecular weight excluding hydrogens is 351 g/mol. The molecule has 21 heavy (non-hydrogen) atoms. The monoisotopic (exact) mass is 356 g/mol. The highest BCUT2D eigenvalue weighted by Crippen LogP contribution is 2.36. The van der Waals surface area contributed by atoms with Gasteiger partial charge < -0.3 is 9.84 Å². The lowest BCUT2D eigenvalue weighted by Crippen LogP contribution is -2.02. The molecule has 0 spiro atoms. The van der Waals surface area contributed by atoms with Crippen molar-refractivity contribution in [2.24, 2.45) is 0 Å². The van der Waals surface area contributed by atoms with Gasteiger partial charge in [0.15, 0.2) is 5.75 Å². The normalized spacial score (nSPS) is 10.2. The minimum atomic E-state index is -1.28. The van der Waals surface area contributed by atoms with Crippen molar-refractivity contribution in [3.05, 3.63) is 56.6 Å². The summed E-state index contributed by atoms with van der Waals surface area (Å²) in [6.07, 6.45) is 2.34. The fourth-order valence-corrected chi connectivity index (χ4v) is 1.82. The second-order valence-electron chi connectivity index (χ2n) is 3.77. The van der Waals surface area contributed by atoms with E-state index in [2.05, 4.69) is 20.9 Å². The van der Waals surface area contributed by atoms with Crippen LogP contribution in [0.4, 0.5) is 10.1 Å². The molecule has 0 atom stereocenters. The average Bonchev–Trinajstić information content (AvgIpc) is 2.42. The van der Waals surface area contributed by atoms with E-state index < -0.39 is 22.4 Å². The Hall–Kier alpha value is -2.55. The first kappa shape index (κ1) is 14.9. The number of benzene rings is 1. The van der Waals surface area contributed by atoms with E-state index >= 15 is 0 Å². The van der Waals surface area contributed by atoms with Crippen molar-refractivity contribution in [1.29, 1.82) is 0 Å². The highest BCUT2D eigenvalue weighted by atomic mass is 79.9. The Morgan fingerprint density at radius 3 is 2.76 bits per heavy atom. The predicted molar refractivity (Wildman–Crippen MR) is 72.0 cm³/mol. The van der Waals surface area contributed by atoms with Crippen LogP contribution in [0.25, 0.3) is 0 Å². The maximum absolute atomic E-state index is 13.4. The van der Waals surface area contributed by atoms with E-state index in [-0.39, 0.29) is 21.5 Å². The molecule has 0 aliphatic rings. The van der Waals surface area contributed by atoms with Crippen LogP contribution in [0.15, 0.2) is 35.1 Å². The molecule has 1 aromatic carbocycles. The first-order valence-electron chi connectivity index (χ1n) is 5.38. The van der Waals surface area contributed by atoms with Crippen LogP contribution in [0.5, 0.6) is 11.5 Å². The summed E-state index contributed by atoms with van der Waals surface area (Å²) in [7, 11) is 0. The fraction of sp³-hybridized carbons (Fsp3) is 0. The van der Waals surface area contributed by atoms with Crippen LogP contribution in [0.3, 0.4) is 0 Å². The van der Waals surface area contributed by atoms with Crippen LogP contribution in [-0.4, -0.2) is 21.0 Å². The van der Waals surface area contributed by atoms with Crippen molar-refractivity contribution >= 4 is 27.6 Å². The molecular formula is C12H6BrFN2O5. The number of rotatable bonds is 4. The fourth-order valence-electron chi connectivity index (χ4n) is 1.50. The number of carboxylic acid groups (broad SMARTS) is 1. The molecule has 2 aromatic rings.